The van der Waals surface area contributed by atoms with Crippen LogP contribution in [0.25, 0.3) is 0 Å². The molecule has 0 aromatic rings. The van der Waals surface area contributed by atoms with Crippen molar-refractivity contribution in [3.63, 3.8) is 0 Å². The van der Waals surface area contributed by atoms with Gasteiger partial charge in [-0.1, -0.05) is 13.8 Å². The molecule has 1 atom stereocenters. The molecule has 0 spiro atoms. The fourth-order valence-electron chi connectivity index (χ4n) is 2.74. The van der Waals surface area contributed by atoms with E-state index >= 15 is 0 Å². The third-order valence-electron chi connectivity index (χ3n) is 4.06. The summed E-state index contributed by atoms with van der Waals surface area (Å²) in [4.78, 5) is 9.39. The van der Waals surface area contributed by atoms with Gasteiger partial charge in [0.25, 0.3) is 0 Å². The van der Waals surface area contributed by atoms with Crippen molar-refractivity contribution in [1.82, 2.24) is 9.80 Å². The first-order valence-electron chi connectivity index (χ1n) is 7.63. The summed E-state index contributed by atoms with van der Waals surface area (Å²) in [5.41, 5.74) is 6.15. The topological polar surface area (TPSA) is 54.1 Å². The number of guanidine groups is 1. The van der Waals surface area contributed by atoms with E-state index in [1.165, 1.54) is 0 Å². The number of morpholine rings is 1. The maximum Gasteiger partial charge on any atom is 0.191 e. The highest BCUT2D eigenvalue weighted by molar-refractivity contribution is 7.99. The Balaban J connectivity index is 1.89. The minimum Gasteiger partial charge on any atom is -0.379 e. The summed E-state index contributed by atoms with van der Waals surface area (Å²) in [6, 6.07) is 0.469. The van der Waals surface area contributed by atoms with Gasteiger partial charge in [-0.05, 0) is 5.92 Å². The first kappa shape index (κ1) is 15.9. The van der Waals surface area contributed by atoms with Crippen molar-refractivity contribution >= 4 is 17.7 Å². The van der Waals surface area contributed by atoms with Crippen LogP contribution in [-0.2, 0) is 4.74 Å². The first-order valence-corrected chi connectivity index (χ1v) is 8.78. The molecule has 2 aliphatic heterocycles. The second-order valence-corrected chi connectivity index (χ2v) is 6.98. The quantitative estimate of drug-likeness (QED) is 0.612. The molecule has 116 valence electrons. The van der Waals surface area contributed by atoms with E-state index in [0.717, 1.165) is 63.4 Å². The molecule has 0 saturated carbocycles. The van der Waals surface area contributed by atoms with E-state index in [9.17, 15) is 0 Å². The van der Waals surface area contributed by atoms with Crippen LogP contribution < -0.4 is 5.73 Å². The van der Waals surface area contributed by atoms with Gasteiger partial charge in [0.1, 0.15) is 0 Å². The van der Waals surface area contributed by atoms with Crippen LogP contribution in [0.5, 0.6) is 0 Å². The summed E-state index contributed by atoms with van der Waals surface area (Å²) >= 11 is 1.99. The van der Waals surface area contributed by atoms with Gasteiger partial charge in [-0.15, -0.1) is 0 Å². The Morgan fingerprint density at radius 2 is 1.85 bits per heavy atom. The van der Waals surface area contributed by atoms with E-state index in [0.29, 0.717) is 12.0 Å². The van der Waals surface area contributed by atoms with Crippen molar-refractivity contribution < 1.29 is 4.74 Å². The molecule has 0 aromatic heterocycles. The highest BCUT2D eigenvalue weighted by Gasteiger charge is 2.24. The lowest BCUT2D eigenvalue weighted by Gasteiger charge is -2.36. The standard InChI is InChI=1S/C14H28N4OS/c1-12(2)13(17-3-7-19-8-4-17)11-16-14(15)18-5-9-20-10-6-18/h12-13H,3-11H2,1-2H3,(H2,15,16). The summed E-state index contributed by atoms with van der Waals surface area (Å²) in [5.74, 6) is 3.63. The molecule has 6 heteroatoms. The molecule has 2 rings (SSSR count). The van der Waals surface area contributed by atoms with Crippen molar-refractivity contribution in [3.05, 3.63) is 0 Å². The number of rotatable bonds is 4. The number of hydrogen-bond donors (Lipinski definition) is 1. The largest absolute Gasteiger partial charge is 0.379 e. The van der Waals surface area contributed by atoms with Gasteiger partial charge in [0.2, 0.25) is 0 Å². The average Bonchev–Trinajstić information content (AvgIpc) is 2.49. The van der Waals surface area contributed by atoms with Gasteiger partial charge in [0.05, 0.1) is 19.8 Å². The summed E-state index contributed by atoms with van der Waals surface area (Å²) in [6.07, 6.45) is 0. The Morgan fingerprint density at radius 1 is 1.20 bits per heavy atom. The lowest BCUT2D eigenvalue weighted by atomic mass is 10.0. The van der Waals surface area contributed by atoms with E-state index < -0.39 is 0 Å². The van der Waals surface area contributed by atoms with Crippen molar-refractivity contribution in [2.75, 3.05) is 57.4 Å². The molecule has 2 heterocycles. The second-order valence-electron chi connectivity index (χ2n) is 5.76. The summed E-state index contributed by atoms with van der Waals surface area (Å²) < 4.78 is 5.44. The van der Waals surface area contributed by atoms with E-state index in [2.05, 4.69) is 28.6 Å². The van der Waals surface area contributed by atoms with Crippen molar-refractivity contribution in [3.8, 4) is 0 Å². The minimum absolute atomic E-state index is 0.469. The SMILES string of the molecule is CC(C)C(CN=C(N)N1CCSCC1)N1CCOCC1. The van der Waals surface area contributed by atoms with E-state index in [1.54, 1.807) is 0 Å². The monoisotopic (exact) mass is 300 g/mol. The molecule has 0 aromatic carbocycles. The number of nitrogens with two attached hydrogens (primary N) is 1. The molecule has 0 radical (unpaired) electrons. The number of aliphatic imine (C=N–C) groups is 1. The molecular weight excluding hydrogens is 272 g/mol. The molecular formula is C14H28N4OS. The smallest absolute Gasteiger partial charge is 0.191 e. The molecule has 1 unspecified atom stereocenters. The van der Waals surface area contributed by atoms with Crippen molar-refractivity contribution in [2.24, 2.45) is 16.6 Å². The zero-order valence-corrected chi connectivity index (χ0v) is 13.6. The fourth-order valence-corrected chi connectivity index (χ4v) is 3.64. The highest BCUT2D eigenvalue weighted by Crippen LogP contribution is 2.14. The van der Waals surface area contributed by atoms with E-state index in [4.69, 9.17) is 10.5 Å². The van der Waals surface area contributed by atoms with Crippen LogP contribution in [0.15, 0.2) is 4.99 Å². The third kappa shape index (κ3) is 4.53. The lowest BCUT2D eigenvalue weighted by Crippen LogP contribution is -2.48. The van der Waals surface area contributed by atoms with Gasteiger partial charge in [0.15, 0.2) is 5.96 Å². The Hall–Kier alpha value is -0.460. The fraction of sp³-hybridized carbons (Fsp3) is 0.929. The normalized spacial score (nSPS) is 24.1. The Labute approximate surface area is 126 Å². The predicted octanol–water partition coefficient (Wildman–Crippen LogP) is 0.707. The molecule has 2 fully saturated rings. The molecule has 0 aliphatic carbocycles. The molecule has 2 saturated heterocycles. The molecule has 0 bridgehead atoms. The molecule has 20 heavy (non-hydrogen) atoms. The van der Waals surface area contributed by atoms with Crippen molar-refractivity contribution in [1.29, 1.82) is 0 Å². The van der Waals surface area contributed by atoms with Gasteiger partial charge in [-0.2, -0.15) is 11.8 Å². The Kier molecular flexibility index (Phi) is 6.45. The highest BCUT2D eigenvalue weighted by atomic mass is 32.2. The third-order valence-corrected chi connectivity index (χ3v) is 5.00. The zero-order valence-electron chi connectivity index (χ0n) is 12.8. The van der Waals surface area contributed by atoms with Crippen LogP contribution >= 0.6 is 11.8 Å². The maximum absolute atomic E-state index is 6.15. The van der Waals surface area contributed by atoms with Gasteiger partial charge in [-0.25, -0.2) is 0 Å². The molecule has 2 aliphatic rings. The summed E-state index contributed by atoms with van der Waals surface area (Å²) in [6.45, 7) is 11.1. The maximum atomic E-state index is 6.15. The molecule has 5 nitrogen and oxygen atoms in total. The van der Waals surface area contributed by atoms with Gasteiger partial charge in [-0.3, -0.25) is 9.89 Å². The number of ether oxygens (including phenoxy) is 1. The van der Waals surface area contributed by atoms with Crippen molar-refractivity contribution in [2.45, 2.75) is 19.9 Å². The van der Waals surface area contributed by atoms with Crippen LogP contribution in [-0.4, -0.2) is 79.2 Å². The minimum atomic E-state index is 0.469. The summed E-state index contributed by atoms with van der Waals surface area (Å²) in [7, 11) is 0. The molecule has 0 amide bonds. The predicted molar refractivity (Wildman–Crippen MR) is 86.4 cm³/mol. The number of nitrogens with zero attached hydrogens (tertiary/aromatic N) is 3. The number of hydrogen-bond acceptors (Lipinski definition) is 4. The van der Waals surface area contributed by atoms with E-state index in [1.807, 2.05) is 11.8 Å². The van der Waals surface area contributed by atoms with Gasteiger partial charge >= 0.3 is 0 Å². The lowest BCUT2D eigenvalue weighted by molar-refractivity contribution is 0.00864. The van der Waals surface area contributed by atoms with Gasteiger partial charge < -0.3 is 15.4 Å². The van der Waals surface area contributed by atoms with E-state index in [-0.39, 0.29) is 0 Å². The summed E-state index contributed by atoms with van der Waals surface area (Å²) in [5, 5.41) is 0. The second kappa shape index (κ2) is 8.10. The average molecular weight is 300 g/mol. The van der Waals surface area contributed by atoms with Crippen LogP contribution in [0.1, 0.15) is 13.8 Å². The van der Waals surface area contributed by atoms with Gasteiger partial charge in [0, 0.05) is 43.7 Å². The Morgan fingerprint density at radius 3 is 2.45 bits per heavy atom. The van der Waals surface area contributed by atoms with Crippen LogP contribution in [0, 0.1) is 5.92 Å². The molecule has 2 N–H and O–H groups in total. The van der Waals surface area contributed by atoms with Crippen LogP contribution in [0.4, 0.5) is 0 Å². The zero-order chi connectivity index (χ0) is 14.4. The van der Waals surface area contributed by atoms with Crippen LogP contribution in [0.2, 0.25) is 0 Å². The Bertz CT molecular complexity index is 312. The first-order chi connectivity index (χ1) is 9.68. The van der Waals surface area contributed by atoms with Crippen LogP contribution in [0.3, 0.4) is 0 Å². The number of thioether (sulfide) groups is 1.